The van der Waals surface area contributed by atoms with Crippen molar-refractivity contribution in [2.75, 3.05) is 6.26 Å². The molecule has 1 aliphatic carbocycles. The van der Waals surface area contributed by atoms with Crippen LogP contribution in [0.4, 0.5) is 0 Å². The Morgan fingerprint density at radius 2 is 2.00 bits per heavy atom. The quantitative estimate of drug-likeness (QED) is 0.840. The van der Waals surface area contributed by atoms with Gasteiger partial charge in [0.2, 0.25) is 0 Å². The van der Waals surface area contributed by atoms with Gasteiger partial charge in [-0.3, -0.25) is 0 Å². The Kier molecular flexibility index (Phi) is 4.71. The second kappa shape index (κ2) is 6.59. The van der Waals surface area contributed by atoms with E-state index < -0.39 is 9.84 Å². The standard InChI is InChI=1S/C17H25N3O2S/c1-3-7-14-10-15-17(18-11-16(19-15)23(2,21)22)20(14)12-13-8-5-4-6-9-13/h10-11,13H,3-9,12H2,1-2H3. The highest BCUT2D eigenvalue weighted by Gasteiger charge is 2.19. The van der Waals surface area contributed by atoms with E-state index in [1.54, 1.807) is 0 Å². The fraction of sp³-hybridized carbons (Fsp3) is 0.647. The van der Waals surface area contributed by atoms with E-state index in [1.165, 1.54) is 50.3 Å². The highest BCUT2D eigenvalue weighted by Crippen LogP contribution is 2.28. The number of aromatic nitrogens is 3. The monoisotopic (exact) mass is 335 g/mol. The van der Waals surface area contributed by atoms with Gasteiger partial charge in [-0.1, -0.05) is 32.6 Å². The molecule has 0 saturated heterocycles. The number of fused-ring (bicyclic) bond motifs is 1. The van der Waals surface area contributed by atoms with E-state index in [4.69, 9.17) is 0 Å². The van der Waals surface area contributed by atoms with E-state index in [1.807, 2.05) is 6.07 Å². The molecule has 6 heteroatoms. The first-order valence-electron chi connectivity index (χ1n) is 8.54. The molecule has 0 spiro atoms. The summed E-state index contributed by atoms with van der Waals surface area (Å²) in [5.74, 6) is 0.700. The van der Waals surface area contributed by atoms with Crippen LogP contribution in [0.5, 0.6) is 0 Å². The molecular weight excluding hydrogens is 310 g/mol. The van der Waals surface area contributed by atoms with Crippen LogP contribution in [0.15, 0.2) is 17.3 Å². The van der Waals surface area contributed by atoms with Crippen molar-refractivity contribution in [2.24, 2.45) is 5.92 Å². The summed E-state index contributed by atoms with van der Waals surface area (Å²) in [6.45, 7) is 3.14. The summed E-state index contributed by atoms with van der Waals surface area (Å²) < 4.78 is 25.7. The van der Waals surface area contributed by atoms with Crippen LogP contribution in [-0.2, 0) is 22.8 Å². The first kappa shape index (κ1) is 16.4. The average Bonchev–Trinajstić information content (AvgIpc) is 2.85. The number of hydrogen-bond acceptors (Lipinski definition) is 4. The molecule has 1 aliphatic rings. The predicted octanol–water partition coefficient (Wildman–Crippen LogP) is 3.37. The molecular formula is C17H25N3O2S. The lowest BCUT2D eigenvalue weighted by molar-refractivity contribution is 0.319. The van der Waals surface area contributed by atoms with Gasteiger partial charge >= 0.3 is 0 Å². The van der Waals surface area contributed by atoms with Crippen molar-refractivity contribution in [3.63, 3.8) is 0 Å². The van der Waals surface area contributed by atoms with Gasteiger partial charge in [0, 0.05) is 18.5 Å². The van der Waals surface area contributed by atoms with Crippen LogP contribution in [0.1, 0.15) is 51.1 Å². The molecule has 1 saturated carbocycles. The van der Waals surface area contributed by atoms with E-state index in [0.29, 0.717) is 11.4 Å². The minimum Gasteiger partial charge on any atom is -0.328 e. The van der Waals surface area contributed by atoms with Crippen LogP contribution < -0.4 is 0 Å². The zero-order chi connectivity index (χ0) is 16.4. The van der Waals surface area contributed by atoms with Gasteiger partial charge in [-0.05, 0) is 31.2 Å². The molecule has 1 fully saturated rings. The maximum absolute atomic E-state index is 11.7. The van der Waals surface area contributed by atoms with E-state index in [0.717, 1.165) is 25.0 Å². The maximum Gasteiger partial charge on any atom is 0.194 e. The Morgan fingerprint density at radius 3 is 2.65 bits per heavy atom. The topological polar surface area (TPSA) is 64.8 Å². The molecule has 126 valence electrons. The second-order valence-electron chi connectivity index (χ2n) is 6.69. The number of nitrogens with zero attached hydrogens (tertiary/aromatic N) is 3. The molecule has 0 amide bonds. The van der Waals surface area contributed by atoms with Gasteiger partial charge in [0.15, 0.2) is 20.5 Å². The highest BCUT2D eigenvalue weighted by molar-refractivity contribution is 7.90. The normalized spacial score (nSPS) is 17.0. The summed E-state index contributed by atoms with van der Waals surface area (Å²) in [5, 5.41) is 0.0582. The fourth-order valence-electron chi connectivity index (χ4n) is 3.53. The van der Waals surface area contributed by atoms with Gasteiger partial charge in [-0.15, -0.1) is 0 Å². The Balaban J connectivity index is 2.01. The molecule has 0 bridgehead atoms. The summed E-state index contributed by atoms with van der Waals surface area (Å²) >= 11 is 0. The van der Waals surface area contributed by atoms with Crippen molar-refractivity contribution in [3.05, 3.63) is 18.0 Å². The Labute approximate surface area is 138 Å². The van der Waals surface area contributed by atoms with Crippen LogP contribution in [-0.4, -0.2) is 29.2 Å². The van der Waals surface area contributed by atoms with E-state index in [9.17, 15) is 8.42 Å². The first-order chi connectivity index (χ1) is 11.0. The average molecular weight is 335 g/mol. The van der Waals surface area contributed by atoms with Crippen molar-refractivity contribution >= 4 is 21.0 Å². The second-order valence-corrected chi connectivity index (χ2v) is 8.65. The van der Waals surface area contributed by atoms with Gasteiger partial charge in [-0.25, -0.2) is 18.4 Å². The van der Waals surface area contributed by atoms with Crippen LogP contribution in [0.2, 0.25) is 0 Å². The van der Waals surface area contributed by atoms with Crippen molar-refractivity contribution in [1.29, 1.82) is 0 Å². The molecule has 0 unspecified atom stereocenters. The summed E-state index contributed by atoms with van der Waals surface area (Å²) in [6.07, 6.45) is 11.1. The van der Waals surface area contributed by atoms with Gasteiger partial charge in [0.1, 0.15) is 5.52 Å². The molecule has 0 aromatic carbocycles. The number of hydrogen-bond donors (Lipinski definition) is 0. The zero-order valence-electron chi connectivity index (χ0n) is 14.0. The van der Waals surface area contributed by atoms with Gasteiger partial charge < -0.3 is 4.57 Å². The van der Waals surface area contributed by atoms with Gasteiger partial charge in [0.25, 0.3) is 0 Å². The number of rotatable bonds is 5. The number of sulfone groups is 1. The van der Waals surface area contributed by atoms with Gasteiger partial charge in [0.05, 0.1) is 6.20 Å². The SMILES string of the molecule is CCCc1cc2nc(S(C)(=O)=O)cnc2n1CC1CCCCC1. The minimum absolute atomic E-state index is 0.0582. The lowest BCUT2D eigenvalue weighted by Crippen LogP contribution is -2.16. The molecule has 2 aromatic heterocycles. The van der Waals surface area contributed by atoms with Gasteiger partial charge in [-0.2, -0.15) is 0 Å². The van der Waals surface area contributed by atoms with E-state index in [-0.39, 0.29) is 5.03 Å². The lowest BCUT2D eigenvalue weighted by Gasteiger charge is -2.23. The smallest absolute Gasteiger partial charge is 0.194 e. The lowest BCUT2D eigenvalue weighted by atomic mass is 9.89. The highest BCUT2D eigenvalue weighted by atomic mass is 32.2. The molecule has 3 rings (SSSR count). The summed E-state index contributed by atoms with van der Waals surface area (Å²) in [4.78, 5) is 8.77. The molecule has 0 aliphatic heterocycles. The predicted molar refractivity (Wildman–Crippen MR) is 91.2 cm³/mol. The third-order valence-electron chi connectivity index (χ3n) is 4.71. The minimum atomic E-state index is -3.32. The Hall–Kier alpha value is -1.43. The Bertz CT molecular complexity index is 790. The van der Waals surface area contributed by atoms with E-state index >= 15 is 0 Å². The molecule has 0 radical (unpaired) electrons. The fourth-order valence-corrected chi connectivity index (χ4v) is 4.04. The van der Waals surface area contributed by atoms with Crippen LogP contribution >= 0.6 is 0 Å². The van der Waals surface area contributed by atoms with Crippen LogP contribution in [0.3, 0.4) is 0 Å². The van der Waals surface area contributed by atoms with Crippen LogP contribution in [0.25, 0.3) is 11.2 Å². The summed E-state index contributed by atoms with van der Waals surface area (Å²) in [5.41, 5.74) is 2.75. The Morgan fingerprint density at radius 1 is 1.26 bits per heavy atom. The molecule has 2 heterocycles. The maximum atomic E-state index is 11.7. The number of aryl methyl sites for hydroxylation is 1. The molecule has 0 N–H and O–H groups in total. The van der Waals surface area contributed by atoms with Crippen molar-refractivity contribution in [3.8, 4) is 0 Å². The third-order valence-corrected chi connectivity index (χ3v) is 5.67. The van der Waals surface area contributed by atoms with Crippen molar-refractivity contribution in [2.45, 2.75) is 63.4 Å². The molecule has 23 heavy (non-hydrogen) atoms. The summed E-state index contributed by atoms with van der Waals surface area (Å²) in [6, 6.07) is 2.02. The first-order valence-corrected chi connectivity index (χ1v) is 10.4. The third kappa shape index (κ3) is 3.57. The summed E-state index contributed by atoms with van der Waals surface area (Å²) in [7, 11) is -3.32. The zero-order valence-corrected chi connectivity index (χ0v) is 14.8. The van der Waals surface area contributed by atoms with E-state index in [2.05, 4.69) is 21.5 Å². The van der Waals surface area contributed by atoms with Crippen molar-refractivity contribution in [1.82, 2.24) is 14.5 Å². The molecule has 2 aromatic rings. The van der Waals surface area contributed by atoms with Crippen LogP contribution in [0, 0.1) is 5.92 Å². The molecule has 0 atom stereocenters. The van der Waals surface area contributed by atoms with Crippen molar-refractivity contribution < 1.29 is 8.42 Å². The largest absolute Gasteiger partial charge is 0.328 e. The molecule has 5 nitrogen and oxygen atoms in total.